The van der Waals surface area contributed by atoms with Crippen LogP contribution in [-0.2, 0) is 9.59 Å². The largest absolute Gasteiger partial charge is 0.340 e. The summed E-state index contributed by atoms with van der Waals surface area (Å²) in [5.41, 5.74) is -0.177. The number of nitrogens with zero attached hydrogens (tertiary/aromatic N) is 1. The highest BCUT2D eigenvalue weighted by Crippen LogP contribution is 2.30. The van der Waals surface area contributed by atoms with E-state index in [1.165, 1.54) is 4.90 Å². The van der Waals surface area contributed by atoms with Crippen molar-refractivity contribution in [2.24, 2.45) is 0 Å². The highest BCUT2D eigenvalue weighted by Gasteiger charge is 2.47. The SMILES string of the molecule is C#CC(C)N1C(=O)C(C)(C)NC(=O)C1c1ccccc1. The van der Waals surface area contributed by atoms with E-state index in [1.807, 2.05) is 30.3 Å². The number of amides is 2. The molecule has 1 aromatic rings. The van der Waals surface area contributed by atoms with E-state index in [2.05, 4.69) is 11.2 Å². The van der Waals surface area contributed by atoms with Gasteiger partial charge in [-0.3, -0.25) is 9.59 Å². The van der Waals surface area contributed by atoms with Crippen LogP contribution in [0.1, 0.15) is 32.4 Å². The summed E-state index contributed by atoms with van der Waals surface area (Å²) in [4.78, 5) is 26.5. The molecule has 0 saturated carbocycles. The molecule has 2 atom stereocenters. The summed E-state index contributed by atoms with van der Waals surface area (Å²) in [6, 6.07) is 8.07. The van der Waals surface area contributed by atoms with Crippen molar-refractivity contribution in [1.29, 1.82) is 0 Å². The molecule has 0 bridgehead atoms. The molecular formula is C16H18N2O2. The molecule has 1 fully saturated rings. The van der Waals surface area contributed by atoms with Crippen molar-refractivity contribution in [3.63, 3.8) is 0 Å². The van der Waals surface area contributed by atoms with Gasteiger partial charge in [-0.15, -0.1) is 6.42 Å². The maximum Gasteiger partial charge on any atom is 0.249 e. The molecule has 0 radical (unpaired) electrons. The summed E-state index contributed by atoms with van der Waals surface area (Å²) >= 11 is 0. The van der Waals surface area contributed by atoms with Gasteiger partial charge >= 0.3 is 0 Å². The molecule has 1 heterocycles. The Morgan fingerprint density at radius 2 is 1.90 bits per heavy atom. The van der Waals surface area contributed by atoms with E-state index >= 15 is 0 Å². The van der Waals surface area contributed by atoms with Crippen molar-refractivity contribution in [3.05, 3.63) is 35.9 Å². The molecule has 2 unspecified atom stereocenters. The number of nitrogens with one attached hydrogen (secondary N) is 1. The number of rotatable bonds is 2. The van der Waals surface area contributed by atoms with Gasteiger partial charge in [-0.2, -0.15) is 0 Å². The van der Waals surface area contributed by atoms with Crippen LogP contribution >= 0.6 is 0 Å². The molecule has 2 rings (SSSR count). The fourth-order valence-electron chi connectivity index (χ4n) is 2.42. The zero-order valence-electron chi connectivity index (χ0n) is 11.9. The number of hydrogen-bond donors (Lipinski definition) is 1. The van der Waals surface area contributed by atoms with Gasteiger partial charge in [0, 0.05) is 0 Å². The average molecular weight is 270 g/mol. The number of piperazine rings is 1. The molecule has 1 aromatic carbocycles. The summed E-state index contributed by atoms with van der Waals surface area (Å²) in [6.07, 6.45) is 5.46. The van der Waals surface area contributed by atoms with Crippen molar-refractivity contribution in [1.82, 2.24) is 10.2 Å². The van der Waals surface area contributed by atoms with E-state index in [4.69, 9.17) is 6.42 Å². The van der Waals surface area contributed by atoms with Crippen LogP contribution in [0.5, 0.6) is 0 Å². The number of terminal acetylenes is 1. The van der Waals surface area contributed by atoms with Crippen LogP contribution in [0.25, 0.3) is 0 Å². The van der Waals surface area contributed by atoms with E-state index in [0.29, 0.717) is 0 Å². The molecule has 0 spiro atoms. The average Bonchev–Trinajstić information content (AvgIpc) is 2.42. The molecule has 2 amide bonds. The monoisotopic (exact) mass is 270 g/mol. The van der Waals surface area contributed by atoms with Crippen molar-refractivity contribution in [3.8, 4) is 12.3 Å². The first kappa shape index (κ1) is 14.1. The van der Waals surface area contributed by atoms with Gasteiger partial charge in [-0.05, 0) is 26.3 Å². The van der Waals surface area contributed by atoms with Gasteiger partial charge in [-0.25, -0.2) is 0 Å². The Bertz CT molecular complexity index is 572. The maximum atomic E-state index is 12.6. The van der Waals surface area contributed by atoms with Crippen LogP contribution < -0.4 is 5.32 Å². The normalized spacial score (nSPS) is 22.9. The third kappa shape index (κ3) is 2.27. The minimum absolute atomic E-state index is 0.170. The number of benzene rings is 1. The Hall–Kier alpha value is -2.28. The zero-order valence-corrected chi connectivity index (χ0v) is 11.9. The van der Waals surface area contributed by atoms with Gasteiger partial charge in [0.25, 0.3) is 0 Å². The van der Waals surface area contributed by atoms with Gasteiger partial charge in [-0.1, -0.05) is 36.3 Å². The zero-order chi connectivity index (χ0) is 14.9. The van der Waals surface area contributed by atoms with Crippen molar-refractivity contribution in [2.45, 2.75) is 38.4 Å². The molecule has 20 heavy (non-hydrogen) atoms. The molecule has 1 saturated heterocycles. The lowest BCUT2D eigenvalue weighted by molar-refractivity contribution is -0.155. The molecule has 1 N–H and O–H groups in total. The highest BCUT2D eigenvalue weighted by atomic mass is 16.2. The fraction of sp³-hybridized carbons (Fsp3) is 0.375. The van der Waals surface area contributed by atoms with Crippen LogP contribution in [0, 0.1) is 12.3 Å². The lowest BCUT2D eigenvalue weighted by atomic mass is 9.92. The minimum Gasteiger partial charge on any atom is -0.340 e. The first-order valence-corrected chi connectivity index (χ1v) is 6.54. The number of carbonyl (C=O) groups is 2. The molecule has 4 heteroatoms. The third-order valence-electron chi connectivity index (χ3n) is 3.51. The minimum atomic E-state index is -0.937. The summed E-state index contributed by atoms with van der Waals surface area (Å²) in [5.74, 6) is 2.17. The van der Waals surface area contributed by atoms with Crippen LogP contribution in [0.2, 0.25) is 0 Å². The topological polar surface area (TPSA) is 49.4 Å². The van der Waals surface area contributed by atoms with Gasteiger partial charge < -0.3 is 10.2 Å². The lowest BCUT2D eigenvalue weighted by Gasteiger charge is -2.44. The van der Waals surface area contributed by atoms with Crippen LogP contribution in [-0.4, -0.2) is 28.3 Å². The summed E-state index contributed by atoms with van der Waals surface area (Å²) < 4.78 is 0. The standard InChI is InChI=1S/C16H18N2O2/c1-5-11(2)18-13(12-9-7-6-8-10-12)14(19)17-16(3,4)15(18)20/h1,6-11,13H,2-4H3,(H,17,19). The van der Waals surface area contributed by atoms with Gasteiger partial charge in [0.05, 0.1) is 6.04 Å². The van der Waals surface area contributed by atoms with E-state index in [9.17, 15) is 9.59 Å². The molecule has 104 valence electrons. The lowest BCUT2D eigenvalue weighted by Crippen LogP contribution is -2.66. The van der Waals surface area contributed by atoms with E-state index in [1.54, 1.807) is 20.8 Å². The Morgan fingerprint density at radius 3 is 2.45 bits per heavy atom. The first-order valence-electron chi connectivity index (χ1n) is 6.54. The Labute approximate surface area is 119 Å². The maximum absolute atomic E-state index is 12.6. The Kier molecular flexibility index (Phi) is 3.54. The summed E-state index contributed by atoms with van der Waals surface area (Å²) in [6.45, 7) is 5.12. The Morgan fingerprint density at radius 1 is 1.30 bits per heavy atom. The molecule has 1 aliphatic rings. The van der Waals surface area contributed by atoms with E-state index < -0.39 is 17.6 Å². The summed E-state index contributed by atoms with van der Waals surface area (Å²) in [7, 11) is 0. The van der Waals surface area contributed by atoms with Crippen molar-refractivity contribution < 1.29 is 9.59 Å². The molecule has 1 aliphatic heterocycles. The number of carbonyl (C=O) groups excluding carboxylic acids is 2. The van der Waals surface area contributed by atoms with Gasteiger partial charge in [0.15, 0.2) is 0 Å². The molecule has 0 aromatic heterocycles. The fourth-order valence-corrected chi connectivity index (χ4v) is 2.42. The second kappa shape index (κ2) is 5.01. The smallest absolute Gasteiger partial charge is 0.249 e. The second-order valence-corrected chi connectivity index (χ2v) is 5.48. The van der Waals surface area contributed by atoms with Crippen molar-refractivity contribution >= 4 is 11.8 Å². The molecule has 0 aliphatic carbocycles. The van der Waals surface area contributed by atoms with Crippen molar-refractivity contribution in [2.75, 3.05) is 0 Å². The molecular weight excluding hydrogens is 252 g/mol. The molecule has 4 nitrogen and oxygen atoms in total. The Balaban J connectivity index is 2.50. The quantitative estimate of drug-likeness (QED) is 0.828. The van der Waals surface area contributed by atoms with E-state index in [-0.39, 0.29) is 11.8 Å². The predicted molar refractivity (Wildman–Crippen MR) is 76.5 cm³/mol. The first-order chi connectivity index (χ1) is 9.38. The van der Waals surface area contributed by atoms with Crippen LogP contribution in [0.15, 0.2) is 30.3 Å². The summed E-state index contributed by atoms with van der Waals surface area (Å²) in [5, 5.41) is 2.76. The van der Waals surface area contributed by atoms with Crippen LogP contribution in [0.3, 0.4) is 0 Å². The number of hydrogen-bond acceptors (Lipinski definition) is 2. The highest BCUT2D eigenvalue weighted by molar-refractivity contribution is 6.00. The van der Waals surface area contributed by atoms with Gasteiger partial charge in [0.2, 0.25) is 11.8 Å². The second-order valence-electron chi connectivity index (χ2n) is 5.48. The predicted octanol–water partition coefficient (Wildman–Crippen LogP) is 1.49. The van der Waals surface area contributed by atoms with Gasteiger partial charge in [0.1, 0.15) is 11.6 Å². The third-order valence-corrected chi connectivity index (χ3v) is 3.51. The van der Waals surface area contributed by atoms with E-state index in [0.717, 1.165) is 5.56 Å². The van der Waals surface area contributed by atoms with Crippen LogP contribution in [0.4, 0.5) is 0 Å².